The summed E-state index contributed by atoms with van der Waals surface area (Å²) >= 11 is 3.68. The zero-order valence-electron chi connectivity index (χ0n) is 33.3. The number of hydrazine groups is 1. The lowest BCUT2D eigenvalue weighted by Gasteiger charge is -2.31. The van der Waals surface area contributed by atoms with Crippen molar-refractivity contribution >= 4 is 33.4 Å². The van der Waals surface area contributed by atoms with Crippen LogP contribution in [0.15, 0.2) is 166 Å². The Hall–Kier alpha value is -6.63. The van der Waals surface area contributed by atoms with Crippen LogP contribution in [-0.4, -0.2) is 42.2 Å². The van der Waals surface area contributed by atoms with E-state index in [9.17, 15) is 15.4 Å². The molecule has 3 N–H and O–H groups in total. The molecule has 310 valence electrons. The van der Waals surface area contributed by atoms with Crippen LogP contribution in [0.4, 0.5) is 5.69 Å². The number of azide groups is 1. The molecule has 0 saturated heterocycles. The van der Waals surface area contributed by atoms with Gasteiger partial charge in [0.25, 0.3) is 5.91 Å². The Morgan fingerprint density at radius 3 is 2.18 bits per heavy atom. The Bertz CT molecular complexity index is 2470. The first-order valence-corrected chi connectivity index (χ1v) is 20.7. The van der Waals surface area contributed by atoms with Gasteiger partial charge in [-0.15, -0.1) is 0 Å². The van der Waals surface area contributed by atoms with Crippen LogP contribution in [-0.2, 0) is 35.6 Å². The molecular formula is C48H45BrN6O6. The molecule has 61 heavy (non-hydrogen) atoms. The SMILES string of the molecule is [N-]=[N+]=Nc1ccccc1[C@@H]1OC(c2ccc(OCCCO)cc2)=N[C@]1(Cc1ccccc1Br)C(=O)NNCCc1ccc(OCc2ccccc2)c(OCc2ccccc2)c1. The summed E-state index contributed by atoms with van der Waals surface area (Å²) in [7, 11) is 0. The van der Waals surface area contributed by atoms with Crippen molar-refractivity contribution in [3.8, 4) is 17.2 Å². The number of aliphatic hydroxyl groups is 1. The summed E-state index contributed by atoms with van der Waals surface area (Å²) in [6, 6.07) is 47.7. The molecule has 0 aliphatic carbocycles. The maximum Gasteiger partial charge on any atom is 0.266 e. The average Bonchev–Trinajstić information content (AvgIpc) is 3.69. The number of aliphatic imine (C=N–C) groups is 1. The number of rotatable bonds is 20. The second-order valence-corrected chi connectivity index (χ2v) is 15.1. The van der Waals surface area contributed by atoms with Gasteiger partial charge in [0.05, 0.1) is 6.61 Å². The highest BCUT2D eigenvalue weighted by molar-refractivity contribution is 9.10. The molecule has 1 amide bonds. The molecule has 6 aromatic carbocycles. The van der Waals surface area contributed by atoms with E-state index >= 15 is 0 Å². The number of amides is 1. The van der Waals surface area contributed by atoms with E-state index in [1.54, 1.807) is 36.4 Å². The van der Waals surface area contributed by atoms with Crippen molar-refractivity contribution in [1.29, 1.82) is 0 Å². The molecule has 7 rings (SSSR count). The number of carbonyl (C=O) groups is 1. The third-order valence-electron chi connectivity index (χ3n) is 10.0. The Balaban J connectivity index is 1.14. The lowest BCUT2D eigenvalue weighted by atomic mass is 9.81. The highest BCUT2D eigenvalue weighted by Gasteiger charge is 2.54. The van der Waals surface area contributed by atoms with E-state index < -0.39 is 17.6 Å². The summed E-state index contributed by atoms with van der Waals surface area (Å²) in [6.07, 6.45) is 0.186. The number of aliphatic hydroxyl groups excluding tert-OH is 1. The first-order chi connectivity index (χ1) is 30.0. The van der Waals surface area contributed by atoms with E-state index in [4.69, 9.17) is 23.9 Å². The van der Waals surface area contributed by atoms with Crippen LogP contribution in [0.3, 0.4) is 0 Å². The monoisotopic (exact) mass is 880 g/mol. The van der Waals surface area contributed by atoms with E-state index in [-0.39, 0.29) is 18.9 Å². The van der Waals surface area contributed by atoms with Gasteiger partial charge >= 0.3 is 0 Å². The summed E-state index contributed by atoms with van der Waals surface area (Å²) in [6.45, 7) is 1.53. The van der Waals surface area contributed by atoms with Gasteiger partial charge in [-0.05, 0) is 76.7 Å². The minimum absolute atomic E-state index is 0.0289. The van der Waals surface area contributed by atoms with Crippen molar-refractivity contribution in [3.05, 3.63) is 200 Å². The second-order valence-electron chi connectivity index (χ2n) is 14.3. The molecule has 1 aliphatic rings. The van der Waals surface area contributed by atoms with Crippen LogP contribution >= 0.6 is 15.9 Å². The standard InChI is InChI=1S/C48H45BrN6O6/c49-41-18-9-7-16-38(41)31-48(45(40-17-8-10-19-42(40)53-55-50)61-46(52-48)37-21-23-39(24-22-37)58-29-11-28-56)47(57)54-51-27-26-34-20-25-43(59-32-35-12-3-1-4-13-35)44(30-34)60-33-36-14-5-2-6-15-36/h1-10,12-25,30,45,51,56H,11,26-29,31-33H2,(H,54,57)/t45-,48-/m0/s1. The van der Waals surface area contributed by atoms with Crippen LogP contribution in [0.25, 0.3) is 10.4 Å². The fourth-order valence-electron chi connectivity index (χ4n) is 6.91. The van der Waals surface area contributed by atoms with Crippen molar-refractivity contribution in [3.63, 3.8) is 0 Å². The Labute approximate surface area is 362 Å². The Morgan fingerprint density at radius 2 is 1.48 bits per heavy atom. The van der Waals surface area contributed by atoms with Gasteiger partial charge in [-0.3, -0.25) is 10.2 Å². The number of hydrogen-bond donors (Lipinski definition) is 3. The first-order valence-electron chi connectivity index (χ1n) is 19.9. The number of carbonyl (C=O) groups excluding carboxylic acids is 1. The van der Waals surface area contributed by atoms with Crippen LogP contribution in [0.5, 0.6) is 17.2 Å². The molecule has 0 bridgehead atoms. The Morgan fingerprint density at radius 1 is 0.803 bits per heavy atom. The summed E-state index contributed by atoms with van der Waals surface area (Å²) in [5.41, 5.74) is 19.4. The van der Waals surface area contributed by atoms with E-state index in [2.05, 4.69) is 36.8 Å². The predicted molar refractivity (Wildman–Crippen MR) is 238 cm³/mol. The molecule has 2 atom stereocenters. The van der Waals surface area contributed by atoms with E-state index in [1.165, 1.54) is 0 Å². The average molecular weight is 882 g/mol. The predicted octanol–water partition coefficient (Wildman–Crippen LogP) is 9.67. The lowest BCUT2D eigenvalue weighted by Crippen LogP contribution is -2.54. The van der Waals surface area contributed by atoms with Gasteiger partial charge in [0.2, 0.25) is 5.90 Å². The molecule has 6 aromatic rings. The molecule has 0 unspecified atom stereocenters. The van der Waals surface area contributed by atoms with E-state index in [0.717, 1.165) is 26.7 Å². The molecule has 0 fully saturated rings. The van der Waals surface area contributed by atoms with Crippen LogP contribution in [0.1, 0.15) is 45.9 Å². The van der Waals surface area contributed by atoms with Gasteiger partial charge in [-0.25, -0.2) is 10.4 Å². The number of nitrogens with one attached hydrogen (secondary N) is 2. The molecule has 13 heteroatoms. The highest BCUT2D eigenvalue weighted by Crippen LogP contribution is 2.46. The fraction of sp³-hybridized carbons (Fsp3) is 0.208. The van der Waals surface area contributed by atoms with Gasteiger partial charge < -0.3 is 24.1 Å². The summed E-state index contributed by atoms with van der Waals surface area (Å²) < 4.78 is 25.7. The molecule has 0 spiro atoms. The molecular weight excluding hydrogens is 836 g/mol. The minimum atomic E-state index is -1.57. The van der Waals surface area contributed by atoms with Crippen molar-refractivity contribution in [2.75, 3.05) is 19.8 Å². The number of halogens is 1. The van der Waals surface area contributed by atoms with E-state index in [0.29, 0.717) is 73.3 Å². The quantitative estimate of drug-likeness (QED) is 0.0226. The van der Waals surface area contributed by atoms with E-state index in [1.807, 2.05) is 115 Å². The third kappa shape index (κ3) is 11.0. The zero-order chi connectivity index (χ0) is 42.3. The Kier molecular flexibility index (Phi) is 14.7. The normalized spacial score (nSPS) is 15.5. The number of nitrogens with zero attached hydrogens (tertiary/aromatic N) is 4. The van der Waals surface area contributed by atoms with Crippen molar-refractivity contribution < 1.29 is 28.8 Å². The molecule has 1 aliphatic heterocycles. The minimum Gasteiger partial charge on any atom is -0.494 e. The molecule has 12 nitrogen and oxygen atoms in total. The molecule has 0 radical (unpaired) electrons. The van der Waals surface area contributed by atoms with Gasteiger partial charge in [-0.1, -0.05) is 130 Å². The summed E-state index contributed by atoms with van der Waals surface area (Å²) in [4.78, 5) is 23.1. The third-order valence-corrected chi connectivity index (χ3v) is 10.8. The summed E-state index contributed by atoms with van der Waals surface area (Å²) in [5.74, 6) is 1.66. The smallest absolute Gasteiger partial charge is 0.266 e. The molecule has 1 heterocycles. The van der Waals surface area contributed by atoms with Gasteiger partial charge in [0.15, 0.2) is 23.1 Å². The summed E-state index contributed by atoms with van der Waals surface area (Å²) in [5, 5.41) is 13.1. The van der Waals surface area contributed by atoms with Gasteiger partial charge in [0.1, 0.15) is 19.0 Å². The lowest BCUT2D eigenvalue weighted by molar-refractivity contribution is -0.130. The van der Waals surface area contributed by atoms with Gasteiger partial charge in [0, 0.05) is 52.2 Å². The van der Waals surface area contributed by atoms with Crippen molar-refractivity contribution in [1.82, 2.24) is 10.9 Å². The topological polar surface area (TPSA) is 159 Å². The van der Waals surface area contributed by atoms with Crippen LogP contribution < -0.4 is 25.1 Å². The van der Waals surface area contributed by atoms with Crippen molar-refractivity contribution in [2.24, 2.45) is 10.1 Å². The van der Waals surface area contributed by atoms with Crippen molar-refractivity contribution in [2.45, 2.75) is 44.1 Å². The number of hydrogen-bond acceptors (Lipinski definition) is 9. The second kappa shape index (κ2) is 21.1. The largest absolute Gasteiger partial charge is 0.494 e. The van der Waals surface area contributed by atoms with Crippen LogP contribution in [0, 0.1) is 0 Å². The maximum absolute atomic E-state index is 14.9. The molecule has 0 aromatic heterocycles. The first kappa shape index (κ1) is 42.5. The maximum atomic E-state index is 14.9. The van der Waals surface area contributed by atoms with Gasteiger partial charge in [-0.2, -0.15) is 0 Å². The zero-order valence-corrected chi connectivity index (χ0v) is 34.9. The number of ether oxygens (including phenoxy) is 4. The fourth-order valence-corrected chi connectivity index (χ4v) is 7.33. The molecule has 0 saturated carbocycles. The number of benzene rings is 6. The highest BCUT2D eigenvalue weighted by atomic mass is 79.9. The van der Waals surface area contributed by atoms with Crippen LogP contribution in [0.2, 0.25) is 0 Å².